The number of aryl methyl sites for hydroxylation is 1. The van der Waals surface area contributed by atoms with Gasteiger partial charge in [-0.2, -0.15) is 0 Å². The van der Waals surface area contributed by atoms with Crippen molar-refractivity contribution in [1.29, 1.82) is 0 Å². The van der Waals surface area contributed by atoms with Gasteiger partial charge in [-0.15, -0.1) is 11.3 Å². The van der Waals surface area contributed by atoms with Gasteiger partial charge in [0.2, 0.25) is 5.91 Å². The Bertz CT molecular complexity index is 832. The lowest BCUT2D eigenvalue weighted by Crippen LogP contribution is -2.36. The molecule has 1 unspecified atom stereocenters. The average Bonchev–Trinajstić information content (AvgIpc) is 3.02. The minimum atomic E-state index is -0.406. The molecule has 1 amide bonds. The molecule has 3 rings (SSSR count). The fourth-order valence-electron chi connectivity index (χ4n) is 2.41. The SMILES string of the molecule is CC(COc1ccccc1F)NC(=O)CCc1nc2ccccc2s1. The van der Waals surface area contributed by atoms with Crippen LogP contribution in [0.25, 0.3) is 10.2 Å². The molecule has 0 fully saturated rings. The van der Waals surface area contributed by atoms with Gasteiger partial charge in [0.15, 0.2) is 11.6 Å². The summed E-state index contributed by atoms with van der Waals surface area (Å²) in [4.78, 5) is 16.6. The van der Waals surface area contributed by atoms with Crippen LogP contribution in [0, 0.1) is 5.82 Å². The molecule has 3 aromatic rings. The summed E-state index contributed by atoms with van der Waals surface area (Å²) >= 11 is 1.61. The molecule has 1 heterocycles. The first-order chi connectivity index (χ1) is 12.1. The molecule has 1 aromatic heterocycles. The number of thiazole rings is 1. The molecule has 0 bridgehead atoms. The van der Waals surface area contributed by atoms with E-state index in [0.717, 1.165) is 15.2 Å². The molecule has 25 heavy (non-hydrogen) atoms. The highest BCUT2D eigenvalue weighted by atomic mass is 32.1. The molecule has 0 spiro atoms. The van der Waals surface area contributed by atoms with Crippen LogP contribution in [-0.2, 0) is 11.2 Å². The Labute approximate surface area is 149 Å². The maximum atomic E-state index is 13.5. The first-order valence-electron chi connectivity index (χ1n) is 8.13. The maximum absolute atomic E-state index is 13.5. The van der Waals surface area contributed by atoms with E-state index < -0.39 is 5.82 Å². The Kier molecular flexibility index (Phi) is 5.60. The normalized spacial score (nSPS) is 12.1. The molecular formula is C19H19FN2O2S. The van der Waals surface area contributed by atoms with Crippen molar-refractivity contribution in [3.63, 3.8) is 0 Å². The first-order valence-corrected chi connectivity index (χ1v) is 8.94. The lowest BCUT2D eigenvalue weighted by Gasteiger charge is -2.15. The summed E-state index contributed by atoms with van der Waals surface area (Å²) in [6.07, 6.45) is 0.968. The molecule has 1 N–H and O–H groups in total. The topological polar surface area (TPSA) is 51.2 Å². The molecule has 4 nitrogen and oxygen atoms in total. The second kappa shape index (κ2) is 8.07. The van der Waals surface area contributed by atoms with Crippen molar-refractivity contribution in [2.24, 2.45) is 0 Å². The van der Waals surface area contributed by atoms with Crippen LogP contribution >= 0.6 is 11.3 Å². The van der Waals surface area contributed by atoms with Gasteiger partial charge in [0.1, 0.15) is 6.61 Å². The zero-order chi connectivity index (χ0) is 17.6. The third-order valence-corrected chi connectivity index (χ3v) is 4.73. The van der Waals surface area contributed by atoms with Crippen molar-refractivity contribution >= 4 is 27.5 Å². The van der Waals surface area contributed by atoms with Crippen LogP contribution in [0.3, 0.4) is 0 Å². The van der Waals surface area contributed by atoms with Crippen LogP contribution in [0.2, 0.25) is 0 Å². The monoisotopic (exact) mass is 358 g/mol. The number of nitrogens with one attached hydrogen (secondary N) is 1. The largest absolute Gasteiger partial charge is 0.488 e. The molecule has 1 atom stereocenters. The second-order valence-electron chi connectivity index (χ2n) is 5.79. The number of ether oxygens (including phenoxy) is 1. The predicted molar refractivity (Wildman–Crippen MR) is 97.4 cm³/mol. The van der Waals surface area contributed by atoms with Gasteiger partial charge in [0.05, 0.1) is 21.3 Å². The van der Waals surface area contributed by atoms with Crippen molar-refractivity contribution in [2.75, 3.05) is 6.61 Å². The number of aromatic nitrogens is 1. The van der Waals surface area contributed by atoms with Crippen LogP contribution < -0.4 is 10.1 Å². The number of rotatable bonds is 7. The lowest BCUT2D eigenvalue weighted by molar-refractivity contribution is -0.121. The zero-order valence-corrected chi connectivity index (χ0v) is 14.7. The summed E-state index contributed by atoms with van der Waals surface area (Å²) in [7, 11) is 0. The van der Waals surface area contributed by atoms with E-state index in [1.807, 2.05) is 31.2 Å². The van der Waals surface area contributed by atoms with E-state index >= 15 is 0 Å². The van der Waals surface area contributed by atoms with Crippen molar-refractivity contribution in [3.05, 3.63) is 59.4 Å². The van der Waals surface area contributed by atoms with Crippen LogP contribution in [-0.4, -0.2) is 23.5 Å². The Hall–Kier alpha value is -2.47. The number of nitrogens with zero attached hydrogens (tertiary/aromatic N) is 1. The molecule has 0 aliphatic rings. The number of para-hydroxylation sites is 2. The highest BCUT2D eigenvalue weighted by molar-refractivity contribution is 7.18. The van der Waals surface area contributed by atoms with Gasteiger partial charge in [0, 0.05) is 12.8 Å². The fourth-order valence-corrected chi connectivity index (χ4v) is 3.38. The summed E-state index contributed by atoms with van der Waals surface area (Å²) in [5.41, 5.74) is 0.967. The van der Waals surface area contributed by atoms with E-state index in [0.29, 0.717) is 12.8 Å². The fraction of sp³-hybridized carbons (Fsp3) is 0.263. The Balaban J connectivity index is 1.44. The van der Waals surface area contributed by atoms with Crippen LogP contribution in [0.15, 0.2) is 48.5 Å². The number of fused-ring (bicyclic) bond motifs is 1. The maximum Gasteiger partial charge on any atom is 0.220 e. The highest BCUT2D eigenvalue weighted by Gasteiger charge is 2.11. The van der Waals surface area contributed by atoms with Gasteiger partial charge in [-0.3, -0.25) is 4.79 Å². The predicted octanol–water partition coefficient (Wildman–Crippen LogP) is 3.95. The summed E-state index contributed by atoms with van der Waals surface area (Å²) in [5.74, 6) is -0.279. The molecule has 2 aromatic carbocycles. The van der Waals surface area contributed by atoms with Gasteiger partial charge in [0.25, 0.3) is 0 Å². The quantitative estimate of drug-likeness (QED) is 0.696. The third-order valence-electron chi connectivity index (χ3n) is 3.64. The van der Waals surface area contributed by atoms with Crippen LogP contribution in [0.1, 0.15) is 18.4 Å². The highest BCUT2D eigenvalue weighted by Crippen LogP contribution is 2.22. The Morgan fingerprint density at radius 3 is 2.80 bits per heavy atom. The summed E-state index contributed by atoms with van der Waals surface area (Å²) < 4.78 is 20.0. The molecule has 130 valence electrons. The van der Waals surface area contributed by atoms with Gasteiger partial charge in [-0.05, 0) is 31.2 Å². The van der Waals surface area contributed by atoms with Gasteiger partial charge < -0.3 is 10.1 Å². The molecule has 0 saturated heterocycles. The number of halogens is 1. The van der Waals surface area contributed by atoms with Crippen molar-refractivity contribution in [1.82, 2.24) is 10.3 Å². The number of hydrogen-bond donors (Lipinski definition) is 1. The van der Waals surface area contributed by atoms with Crippen molar-refractivity contribution in [2.45, 2.75) is 25.8 Å². The molecule has 0 saturated carbocycles. The van der Waals surface area contributed by atoms with Gasteiger partial charge in [-0.1, -0.05) is 24.3 Å². The molecule has 0 radical (unpaired) electrons. The molecule has 6 heteroatoms. The Morgan fingerprint density at radius 1 is 1.24 bits per heavy atom. The average molecular weight is 358 g/mol. The van der Waals surface area contributed by atoms with Crippen LogP contribution in [0.5, 0.6) is 5.75 Å². The van der Waals surface area contributed by atoms with Gasteiger partial charge >= 0.3 is 0 Å². The van der Waals surface area contributed by atoms with E-state index in [1.54, 1.807) is 29.5 Å². The van der Waals surface area contributed by atoms with E-state index in [2.05, 4.69) is 10.3 Å². The minimum absolute atomic E-state index is 0.0658. The molecule has 0 aliphatic heterocycles. The van der Waals surface area contributed by atoms with Crippen molar-refractivity contribution < 1.29 is 13.9 Å². The number of benzene rings is 2. The smallest absolute Gasteiger partial charge is 0.220 e. The number of hydrogen-bond acceptors (Lipinski definition) is 4. The Morgan fingerprint density at radius 2 is 2.00 bits per heavy atom. The minimum Gasteiger partial charge on any atom is -0.488 e. The number of carbonyl (C=O) groups is 1. The van der Waals surface area contributed by atoms with E-state index in [9.17, 15) is 9.18 Å². The number of amides is 1. The van der Waals surface area contributed by atoms with E-state index in [1.165, 1.54) is 6.07 Å². The van der Waals surface area contributed by atoms with E-state index in [-0.39, 0.29) is 24.3 Å². The zero-order valence-electron chi connectivity index (χ0n) is 13.9. The summed E-state index contributed by atoms with van der Waals surface area (Å²) in [6, 6.07) is 13.9. The van der Waals surface area contributed by atoms with E-state index in [4.69, 9.17) is 4.74 Å². The lowest BCUT2D eigenvalue weighted by atomic mass is 10.2. The van der Waals surface area contributed by atoms with Crippen LogP contribution in [0.4, 0.5) is 4.39 Å². The second-order valence-corrected chi connectivity index (χ2v) is 6.90. The van der Waals surface area contributed by atoms with Crippen molar-refractivity contribution in [3.8, 4) is 5.75 Å². The van der Waals surface area contributed by atoms with Gasteiger partial charge in [-0.25, -0.2) is 9.37 Å². The summed E-state index contributed by atoms with van der Waals surface area (Å²) in [6.45, 7) is 2.05. The summed E-state index contributed by atoms with van der Waals surface area (Å²) in [5, 5.41) is 3.81. The first kappa shape index (κ1) is 17.4. The molecular weight excluding hydrogens is 339 g/mol. The third kappa shape index (κ3) is 4.76. The number of carbonyl (C=O) groups excluding carboxylic acids is 1. The standard InChI is InChI=1S/C19H19FN2O2S/c1-13(12-24-16-8-4-2-6-14(16)20)21-18(23)10-11-19-22-15-7-3-5-9-17(15)25-19/h2-9,13H,10-12H2,1H3,(H,21,23). The molecule has 0 aliphatic carbocycles.